The van der Waals surface area contributed by atoms with Crippen molar-refractivity contribution in [3.05, 3.63) is 30.1 Å². The van der Waals surface area contributed by atoms with Crippen molar-refractivity contribution < 1.29 is 4.39 Å². The Morgan fingerprint density at radius 3 is 2.86 bits per heavy atom. The van der Waals surface area contributed by atoms with Gasteiger partial charge in [-0.25, -0.2) is 4.39 Å². The van der Waals surface area contributed by atoms with Crippen molar-refractivity contribution in [3.63, 3.8) is 0 Å². The molecule has 1 aromatic rings. The highest BCUT2D eigenvalue weighted by molar-refractivity contribution is 5.76. The minimum absolute atomic E-state index is 0.258. The van der Waals surface area contributed by atoms with E-state index in [4.69, 9.17) is 5.41 Å². The summed E-state index contributed by atoms with van der Waals surface area (Å²) in [5, 5.41) is 7.22. The van der Waals surface area contributed by atoms with Crippen LogP contribution in [0, 0.1) is 11.2 Å². The number of nitrogens with zero attached hydrogens (tertiary/aromatic N) is 1. The molecule has 2 nitrogen and oxygen atoms in total. The third-order valence-corrected chi connectivity index (χ3v) is 2.05. The molecule has 1 N–H and O–H groups in total. The number of benzene rings is 1. The van der Waals surface area contributed by atoms with Gasteiger partial charge in [0.15, 0.2) is 0 Å². The van der Waals surface area contributed by atoms with Crippen molar-refractivity contribution in [1.29, 1.82) is 5.41 Å². The van der Waals surface area contributed by atoms with Crippen LogP contribution in [-0.2, 0) is 0 Å². The van der Waals surface area contributed by atoms with E-state index in [0.29, 0.717) is 0 Å². The van der Waals surface area contributed by atoms with Gasteiger partial charge in [-0.1, -0.05) is 19.4 Å². The molecule has 1 aromatic carbocycles. The minimum Gasteiger partial charge on any atom is -0.333 e. The molecule has 0 saturated heterocycles. The monoisotopic (exact) mass is 194 g/mol. The van der Waals surface area contributed by atoms with Gasteiger partial charge in [0.2, 0.25) is 0 Å². The molecule has 0 aliphatic heterocycles. The van der Waals surface area contributed by atoms with Gasteiger partial charge in [-0.05, 0) is 24.6 Å². The lowest BCUT2D eigenvalue weighted by atomic mass is 10.2. The van der Waals surface area contributed by atoms with E-state index in [1.807, 2.05) is 6.07 Å². The normalized spacial score (nSPS) is 9.86. The summed E-state index contributed by atoms with van der Waals surface area (Å²) in [5.74, 6) is -0.258. The molecule has 0 saturated carbocycles. The summed E-state index contributed by atoms with van der Waals surface area (Å²) in [7, 11) is 0. The first-order valence-corrected chi connectivity index (χ1v) is 4.80. The number of unbranched alkanes of at least 4 members (excludes halogenated alkanes) is 1. The fourth-order valence-electron chi connectivity index (χ4n) is 1.25. The smallest absolute Gasteiger partial charge is 0.125 e. The third kappa shape index (κ3) is 2.83. The Balaban J connectivity index is 2.73. The van der Waals surface area contributed by atoms with Crippen molar-refractivity contribution in [1.82, 2.24) is 0 Å². The van der Waals surface area contributed by atoms with Gasteiger partial charge < -0.3 is 4.90 Å². The van der Waals surface area contributed by atoms with E-state index in [1.165, 1.54) is 18.5 Å². The van der Waals surface area contributed by atoms with Gasteiger partial charge in [0.1, 0.15) is 5.82 Å². The molecule has 0 radical (unpaired) electrons. The molecule has 0 heterocycles. The molecule has 1 rings (SSSR count). The van der Waals surface area contributed by atoms with Crippen LogP contribution in [-0.4, -0.2) is 12.9 Å². The van der Waals surface area contributed by atoms with Gasteiger partial charge >= 0.3 is 0 Å². The Labute approximate surface area is 83.9 Å². The summed E-state index contributed by atoms with van der Waals surface area (Å²) in [6.07, 6.45) is 3.32. The van der Waals surface area contributed by atoms with Crippen LogP contribution in [0.4, 0.5) is 10.1 Å². The van der Waals surface area contributed by atoms with Crippen molar-refractivity contribution in [2.24, 2.45) is 0 Å². The van der Waals surface area contributed by atoms with E-state index in [-0.39, 0.29) is 5.82 Å². The standard InChI is InChI=1S/C11H15FN2/c1-2-3-7-14(9-13)11-6-4-5-10(12)8-11/h4-6,8-9,13H,2-3,7H2,1H3. The van der Waals surface area contributed by atoms with Gasteiger partial charge in [-0.2, -0.15) is 0 Å². The molecule has 0 unspecified atom stereocenters. The minimum atomic E-state index is -0.258. The van der Waals surface area contributed by atoms with Crippen LogP contribution in [0.1, 0.15) is 19.8 Å². The number of rotatable bonds is 5. The second-order valence-electron chi connectivity index (χ2n) is 3.16. The summed E-state index contributed by atoms with van der Waals surface area (Å²) in [6, 6.07) is 6.32. The van der Waals surface area contributed by atoms with Crippen LogP contribution in [0.3, 0.4) is 0 Å². The Morgan fingerprint density at radius 1 is 1.50 bits per heavy atom. The van der Waals surface area contributed by atoms with Crippen molar-refractivity contribution in [3.8, 4) is 0 Å². The van der Waals surface area contributed by atoms with Gasteiger partial charge in [-0.15, -0.1) is 0 Å². The zero-order valence-corrected chi connectivity index (χ0v) is 8.33. The molecule has 0 aliphatic carbocycles. The zero-order chi connectivity index (χ0) is 10.4. The highest BCUT2D eigenvalue weighted by Gasteiger charge is 2.02. The van der Waals surface area contributed by atoms with Crippen molar-refractivity contribution in [2.75, 3.05) is 11.4 Å². The van der Waals surface area contributed by atoms with Crippen LogP contribution in [0.15, 0.2) is 24.3 Å². The van der Waals surface area contributed by atoms with Crippen LogP contribution >= 0.6 is 0 Å². The second kappa shape index (κ2) is 5.37. The van der Waals surface area contributed by atoms with E-state index in [1.54, 1.807) is 11.0 Å². The first-order valence-electron chi connectivity index (χ1n) is 4.80. The molecular formula is C11H15FN2. The molecule has 0 atom stereocenters. The van der Waals surface area contributed by atoms with Crippen molar-refractivity contribution >= 4 is 12.0 Å². The first kappa shape index (κ1) is 10.7. The quantitative estimate of drug-likeness (QED) is 0.566. The second-order valence-corrected chi connectivity index (χ2v) is 3.16. The summed E-state index contributed by atoms with van der Waals surface area (Å²) in [6.45, 7) is 2.86. The van der Waals surface area contributed by atoms with Crippen LogP contribution < -0.4 is 4.90 Å². The number of nitrogens with one attached hydrogen (secondary N) is 1. The lowest BCUT2D eigenvalue weighted by Crippen LogP contribution is -2.21. The van der Waals surface area contributed by atoms with Crippen LogP contribution in [0.25, 0.3) is 0 Å². The predicted molar refractivity (Wildman–Crippen MR) is 57.4 cm³/mol. The summed E-state index contributed by atoms with van der Waals surface area (Å²) < 4.78 is 12.9. The summed E-state index contributed by atoms with van der Waals surface area (Å²) >= 11 is 0. The van der Waals surface area contributed by atoms with Gasteiger partial charge in [-0.3, -0.25) is 5.41 Å². The molecular weight excluding hydrogens is 179 g/mol. The predicted octanol–water partition coefficient (Wildman–Crippen LogP) is 3.04. The molecule has 0 aromatic heterocycles. The molecule has 76 valence electrons. The van der Waals surface area contributed by atoms with E-state index in [9.17, 15) is 4.39 Å². The van der Waals surface area contributed by atoms with Gasteiger partial charge in [0.05, 0.1) is 6.34 Å². The Bertz CT molecular complexity index is 299. The number of anilines is 1. The van der Waals surface area contributed by atoms with Gasteiger partial charge in [0, 0.05) is 12.2 Å². The molecule has 0 bridgehead atoms. The Kier molecular flexibility index (Phi) is 4.11. The maximum atomic E-state index is 12.9. The fourth-order valence-corrected chi connectivity index (χ4v) is 1.25. The molecule has 0 spiro atoms. The number of hydrogen-bond acceptors (Lipinski definition) is 1. The SMILES string of the molecule is CCCCN(C=N)c1cccc(F)c1. The van der Waals surface area contributed by atoms with E-state index >= 15 is 0 Å². The Morgan fingerprint density at radius 2 is 2.29 bits per heavy atom. The fraction of sp³-hybridized carbons (Fsp3) is 0.364. The molecule has 14 heavy (non-hydrogen) atoms. The molecule has 0 fully saturated rings. The van der Waals surface area contributed by atoms with E-state index < -0.39 is 0 Å². The maximum absolute atomic E-state index is 12.9. The summed E-state index contributed by atoms with van der Waals surface area (Å²) in [5.41, 5.74) is 0.744. The summed E-state index contributed by atoms with van der Waals surface area (Å²) in [4.78, 5) is 1.74. The van der Waals surface area contributed by atoms with Crippen molar-refractivity contribution in [2.45, 2.75) is 19.8 Å². The topological polar surface area (TPSA) is 27.1 Å². The van der Waals surface area contributed by atoms with Gasteiger partial charge in [0.25, 0.3) is 0 Å². The lowest BCUT2D eigenvalue weighted by Gasteiger charge is -2.18. The number of halogens is 1. The molecule has 0 aliphatic rings. The van der Waals surface area contributed by atoms with Crippen LogP contribution in [0.5, 0.6) is 0 Å². The Hall–Kier alpha value is -1.38. The zero-order valence-electron chi connectivity index (χ0n) is 8.33. The largest absolute Gasteiger partial charge is 0.333 e. The van der Waals surface area contributed by atoms with E-state index in [2.05, 4.69) is 6.92 Å². The average Bonchev–Trinajstić information content (AvgIpc) is 2.19. The molecule has 0 amide bonds. The highest BCUT2D eigenvalue weighted by Crippen LogP contribution is 2.14. The first-order chi connectivity index (χ1) is 6.77. The van der Waals surface area contributed by atoms with E-state index in [0.717, 1.165) is 25.1 Å². The highest BCUT2D eigenvalue weighted by atomic mass is 19.1. The maximum Gasteiger partial charge on any atom is 0.125 e. The number of hydrogen-bond donors (Lipinski definition) is 1. The van der Waals surface area contributed by atoms with Crippen LogP contribution in [0.2, 0.25) is 0 Å². The lowest BCUT2D eigenvalue weighted by molar-refractivity contribution is 0.627. The average molecular weight is 194 g/mol. The molecule has 3 heteroatoms. The third-order valence-electron chi connectivity index (χ3n) is 2.05.